The Morgan fingerprint density at radius 2 is 1.89 bits per heavy atom. The largest absolute Gasteiger partial charge is 0.488 e. The Hall–Kier alpha value is -0.875. The minimum absolute atomic E-state index is 0.450. The molecule has 1 aromatic carbocycles. The second-order valence-corrected chi connectivity index (χ2v) is 4.64. The molecule has 2 N–H and O–H groups in total. The van der Waals surface area contributed by atoms with Crippen molar-refractivity contribution in [2.75, 3.05) is 19.8 Å². The van der Waals surface area contributed by atoms with Crippen LogP contribution in [0, 0.1) is 5.92 Å². The number of hydrogen-bond donors (Lipinski definition) is 2. The summed E-state index contributed by atoms with van der Waals surface area (Å²) >= 11 is 0. The van der Waals surface area contributed by atoms with Crippen LogP contribution in [0.4, 0.5) is 0 Å². The zero-order valence-electron chi connectivity index (χ0n) is 11.0. The van der Waals surface area contributed by atoms with Crippen molar-refractivity contribution in [3.05, 3.63) is 29.8 Å². The predicted octanol–water partition coefficient (Wildman–Crippen LogP) is 0.556. The number of hydrogen-bond acceptors (Lipinski definition) is 4. The zero-order chi connectivity index (χ0) is 13.4. The van der Waals surface area contributed by atoms with E-state index in [4.69, 9.17) is 19.5 Å². The van der Waals surface area contributed by atoms with E-state index in [9.17, 15) is 0 Å². The molecule has 0 aromatic heterocycles. The first kappa shape index (κ1) is 15.2. The molecule has 18 heavy (non-hydrogen) atoms. The summed E-state index contributed by atoms with van der Waals surface area (Å²) in [6.45, 7) is 6.53. The van der Waals surface area contributed by atoms with Crippen LogP contribution >= 0.6 is 0 Å². The summed E-state index contributed by atoms with van der Waals surface area (Å²) in [5, 5.41) is 18.1. The molecule has 4 nitrogen and oxygen atoms in total. The fourth-order valence-electron chi connectivity index (χ4n) is 1.47. The van der Waals surface area contributed by atoms with E-state index in [-0.39, 0.29) is 0 Å². The summed E-state index contributed by atoms with van der Waals surface area (Å²) in [6, 6.07) is 7.06. The molecule has 0 saturated carbocycles. The zero-order valence-corrected chi connectivity index (χ0v) is 11.0. The average molecular weight is 252 g/mol. The van der Waals surface area contributed by atoms with Gasteiger partial charge < -0.3 is 19.5 Å². The summed E-state index contributed by atoms with van der Waals surface area (Å²) in [7, 11) is -1.43. The number of ether oxygens (including phenoxy) is 2. The molecule has 0 amide bonds. The third-order valence-corrected chi connectivity index (χ3v) is 2.34. The van der Waals surface area contributed by atoms with Crippen molar-refractivity contribution in [1.82, 2.24) is 0 Å². The molecule has 0 atom stereocenters. The van der Waals surface area contributed by atoms with E-state index >= 15 is 0 Å². The van der Waals surface area contributed by atoms with Gasteiger partial charge in [0.05, 0.1) is 19.8 Å². The van der Waals surface area contributed by atoms with Gasteiger partial charge in [0.2, 0.25) is 0 Å². The lowest BCUT2D eigenvalue weighted by Gasteiger charge is -2.08. The summed E-state index contributed by atoms with van der Waals surface area (Å²) in [5.41, 5.74) is 1.40. The molecule has 0 heterocycles. The fourth-order valence-corrected chi connectivity index (χ4v) is 1.47. The minimum Gasteiger partial charge on any atom is -0.423 e. The monoisotopic (exact) mass is 252 g/mol. The Morgan fingerprint density at radius 1 is 1.17 bits per heavy atom. The Morgan fingerprint density at radius 3 is 2.56 bits per heavy atom. The van der Waals surface area contributed by atoms with Crippen LogP contribution in [0.3, 0.4) is 0 Å². The molecule has 0 fully saturated rings. The highest BCUT2D eigenvalue weighted by atomic mass is 16.5. The van der Waals surface area contributed by atoms with Gasteiger partial charge in [0.25, 0.3) is 0 Å². The van der Waals surface area contributed by atoms with E-state index < -0.39 is 7.12 Å². The molecule has 0 bridgehead atoms. The fraction of sp³-hybridized carbons (Fsp3) is 0.538. The lowest BCUT2D eigenvalue weighted by Crippen LogP contribution is -2.29. The van der Waals surface area contributed by atoms with Gasteiger partial charge in [-0.05, 0) is 16.9 Å². The van der Waals surface area contributed by atoms with Gasteiger partial charge in [0, 0.05) is 6.61 Å². The van der Waals surface area contributed by atoms with Gasteiger partial charge in [-0.15, -0.1) is 0 Å². The van der Waals surface area contributed by atoms with E-state index in [1.165, 1.54) is 0 Å². The van der Waals surface area contributed by atoms with Gasteiger partial charge in [-0.1, -0.05) is 38.1 Å². The molecule has 0 saturated heterocycles. The first-order chi connectivity index (χ1) is 8.59. The van der Waals surface area contributed by atoms with E-state index in [2.05, 4.69) is 13.8 Å². The van der Waals surface area contributed by atoms with Crippen LogP contribution in [0.15, 0.2) is 24.3 Å². The second-order valence-electron chi connectivity index (χ2n) is 4.64. The minimum atomic E-state index is -1.43. The third-order valence-electron chi connectivity index (χ3n) is 2.34. The molecule has 5 heteroatoms. The Labute approximate surface area is 109 Å². The molecule has 0 unspecified atom stereocenters. The standard InChI is InChI=1S/C13H21BO4/c1-11(2)9-17-6-7-18-10-12-4-3-5-13(8-12)14(15)16/h3-5,8,11,15-16H,6-7,9-10H2,1-2H3. The molecule has 0 radical (unpaired) electrons. The predicted molar refractivity (Wildman–Crippen MR) is 71.6 cm³/mol. The summed E-state index contributed by atoms with van der Waals surface area (Å²) in [6.07, 6.45) is 0. The maximum absolute atomic E-state index is 9.04. The van der Waals surface area contributed by atoms with Crippen LogP contribution in [-0.2, 0) is 16.1 Å². The quantitative estimate of drug-likeness (QED) is 0.524. The Balaban J connectivity index is 2.21. The highest BCUT2D eigenvalue weighted by Gasteiger charge is 2.10. The van der Waals surface area contributed by atoms with Gasteiger partial charge >= 0.3 is 7.12 Å². The topological polar surface area (TPSA) is 58.9 Å². The lowest BCUT2D eigenvalue weighted by molar-refractivity contribution is 0.0315. The molecule has 0 aliphatic rings. The molecule has 1 aromatic rings. The van der Waals surface area contributed by atoms with Gasteiger partial charge in [-0.3, -0.25) is 0 Å². The Kier molecular flexibility index (Phi) is 6.97. The van der Waals surface area contributed by atoms with E-state index in [0.717, 1.165) is 12.2 Å². The Bertz CT molecular complexity index is 342. The van der Waals surface area contributed by atoms with Crippen molar-refractivity contribution in [3.8, 4) is 0 Å². The number of rotatable bonds is 8. The van der Waals surface area contributed by atoms with E-state index in [0.29, 0.717) is 31.2 Å². The van der Waals surface area contributed by atoms with Crippen LogP contribution in [0.25, 0.3) is 0 Å². The van der Waals surface area contributed by atoms with Crippen LogP contribution in [-0.4, -0.2) is 37.0 Å². The van der Waals surface area contributed by atoms with Gasteiger partial charge in [0.15, 0.2) is 0 Å². The summed E-state index contributed by atoms with van der Waals surface area (Å²) in [4.78, 5) is 0. The molecular formula is C13H21BO4. The first-order valence-corrected chi connectivity index (χ1v) is 6.20. The molecule has 0 aliphatic carbocycles. The van der Waals surface area contributed by atoms with Gasteiger partial charge in [0.1, 0.15) is 0 Å². The average Bonchev–Trinajstić information content (AvgIpc) is 2.33. The molecule has 0 spiro atoms. The van der Waals surface area contributed by atoms with Crippen LogP contribution < -0.4 is 5.46 Å². The first-order valence-electron chi connectivity index (χ1n) is 6.20. The van der Waals surface area contributed by atoms with Crippen LogP contribution in [0.5, 0.6) is 0 Å². The molecule has 0 aliphatic heterocycles. The van der Waals surface area contributed by atoms with E-state index in [1.807, 2.05) is 6.07 Å². The molecular weight excluding hydrogens is 231 g/mol. The summed E-state index contributed by atoms with van der Waals surface area (Å²) < 4.78 is 10.8. The second kappa shape index (κ2) is 8.27. The molecule has 100 valence electrons. The lowest BCUT2D eigenvalue weighted by atomic mass is 9.80. The number of benzene rings is 1. The van der Waals surface area contributed by atoms with Crippen LogP contribution in [0.1, 0.15) is 19.4 Å². The van der Waals surface area contributed by atoms with Crippen molar-refractivity contribution in [1.29, 1.82) is 0 Å². The normalized spacial score (nSPS) is 10.9. The summed E-state index contributed by atoms with van der Waals surface area (Å²) in [5.74, 6) is 0.535. The van der Waals surface area contributed by atoms with Gasteiger partial charge in [-0.25, -0.2) is 0 Å². The van der Waals surface area contributed by atoms with Crippen molar-refractivity contribution in [2.45, 2.75) is 20.5 Å². The highest BCUT2D eigenvalue weighted by molar-refractivity contribution is 6.58. The molecule has 1 rings (SSSR count). The van der Waals surface area contributed by atoms with Crippen LogP contribution in [0.2, 0.25) is 0 Å². The maximum atomic E-state index is 9.04. The van der Waals surface area contributed by atoms with Crippen molar-refractivity contribution >= 4 is 12.6 Å². The highest BCUT2D eigenvalue weighted by Crippen LogP contribution is 2.00. The van der Waals surface area contributed by atoms with Crippen molar-refractivity contribution < 1.29 is 19.5 Å². The third kappa shape index (κ3) is 6.16. The smallest absolute Gasteiger partial charge is 0.423 e. The van der Waals surface area contributed by atoms with Crippen molar-refractivity contribution in [2.24, 2.45) is 5.92 Å². The van der Waals surface area contributed by atoms with Gasteiger partial charge in [-0.2, -0.15) is 0 Å². The SMILES string of the molecule is CC(C)COCCOCc1cccc(B(O)O)c1. The maximum Gasteiger partial charge on any atom is 0.488 e. The van der Waals surface area contributed by atoms with Crippen molar-refractivity contribution in [3.63, 3.8) is 0 Å². The van der Waals surface area contributed by atoms with E-state index in [1.54, 1.807) is 18.2 Å².